The molecule has 0 aliphatic carbocycles. The van der Waals surface area contributed by atoms with Crippen molar-refractivity contribution in [1.29, 1.82) is 0 Å². The van der Waals surface area contributed by atoms with Gasteiger partial charge in [0, 0.05) is 7.11 Å². The van der Waals surface area contributed by atoms with Crippen molar-refractivity contribution in [2.24, 2.45) is 5.73 Å². The van der Waals surface area contributed by atoms with Gasteiger partial charge in [-0.1, -0.05) is 14.9 Å². The van der Waals surface area contributed by atoms with E-state index in [1.807, 2.05) is 0 Å². The second-order valence-electron chi connectivity index (χ2n) is 2.11. The van der Waals surface area contributed by atoms with Crippen LogP contribution in [0.25, 0.3) is 0 Å². The smallest absolute Gasteiger partial charge is 0.126 e. The van der Waals surface area contributed by atoms with Gasteiger partial charge in [-0.25, -0.2) is 9.59 Å². The molecule has 0 aliphatic heterocycles. The molecule has 0 spiro atoms. The Labute approximate surface area is 124 Å². The zero-order valence-corrected chi connectivity index (χ0v) is 12.1. The molecule has 0 aromatic carbocycles. The summed E-state index contributed by atoms with van der Waals surface area (Å²) in [7, 11) is 2.50. The highest BCUT2D eigenvalue weighted by Gasteiger charge is 1.62. The third kappa shape index (κ3) is 1100. The maximum absolute atomic E-state index is 9.44. The molecule has 6 heteroatoms. The average Bonchev–Trinajstić information content (AvgIpc) is 2.23. The van der Waals surface area contributed by atoms with Crippen LogP contribution in [0, 0.1) is 0 Å². The lowest BCUT2D eigenvalue weighted by molar-refractivity contribution is -0.115. The monoisotopic (exact) mass is 295 g/mol. The summed E-state index contributed by atoms with van der Waals surface area (Å²) >= 11 is 0. The van der Waals surface area contributed by atoms with Crippen molar-refractivity contribution in [3.05, 3.63) is 13.2 Å². The van der Waals surface area contributed by atoms with E-state index in [0.29, 0.717) is 0 Å². The molecule has 0 aromatic heterocycles. The molecule has 0 bridgehead atoms. The molecule has 20 heavy (non-hydrogen) atoms. The first-order chi connectivity index (χ1) is 8.29. The highest BCUT2D eigenvalue weighted by molar-refractivity contribution is 5.72. The van der Waals surface area contributed by atoms with Crippen LogP contribution < -0.4 is 5.73 Å². The van der Waals surface area contributed by atoms with Crippen LogP contribution in [-0.4, -0.2) is 42.7 Å². The maximum Gasteiger partial charge on any atom is 0.126 e. The summed E-state index contributed by atoms with van der Waals surface area (Å²) in [4.78, 5) is 36.0. The molecular formula is C14H33NO5. The third-order valence-electron chi connectivity index (χ3n) is 0. The zero-order valence-electron chi connectivity index (χ0n) is 12.1. The summed E-state index contributed by atoms with van der Waals surface area (Å²) in [6, 6.07) is 0. The molecule has 0 aromatic rings. The quantitative estimate of drug-likeness (QED) is 0.657. The highest BCUT2D eigenvalue weighted by atomic mass is 16.2. The van der Waals surface area contributed by atoms with Gasteiger partial charge in [0.25, 0.3) is 0 Å². The molecule has 0 rings (SSSR count). The Bertz CT molecular complexity index is 182. The summed E-state index contributed by atoms with van der Waals surface area (Å²) in [6.45, 7) is 11.5. The maximum atomic E-state index is 9.44. The number of carbonyl (C=O) groups excluding carboxylic acids is 4. The Morgan fingerprint density at radius 1 is 0.800 bits per heavy atom. The van der Waals surface area contributed by atoms with Crippen molar-refractivity contribution in [2.75, 3.05) is 14.2 Å². The molecule has 0 amide bonds. The lowest BCUT2D eigenvalue weighted by Crippen LogP contribution is -1.69. The first-order valence-electron chi connectivity index (χ1n) is 4.55. The normalized spacial score (nSPS) is 4.00. The summed E-state index contributed by atoms with van der Waals surface area (Å²) in [6.07, 6.45) is 0. The van der Waals surface area contributed by atoms with Gasteiger partial charge in [-0.15, -0.1) is 0 Å². The molecule has 0 aliphatic rings. The van der Waals surface area contributed by atoms with Gasteiger partial charge in [-0.05, 0) is 47.9 Å². The third-order valence-corrected chi connectivity index (χ3v) is 0. The van der Waals surface area contributed by atoms with E-state index < -0.39 is 0 Å². The fourth-order valence-corrected chi connectivity index (χ4v) is 0. The molecule has 0 fully saturated rings. The number of Topliss-reactive ketones (excluding diaryl/α,β-unsaturated/α-hetero) is 2. The largest absolute Gasteiger partial charge is 0.400 e. The average molecular weight is 295 g/mol. The van der Waals surface area contributed by atoms with Crippen LogP contribution in [0.4, 0.5) is 0 Å². The molecule has 0 saturated carbocycles. The van der Waals surface area contributed by atoms with Crippen LogP contribution in [0.15, 0.2) is 13.2 Å². The standard InChI is InChI=1S/2C3H6O.2C2H2O.CH5N.CH4O.2CH4/c2*1-3(2)4;2*1-2-3;2*1-2;;/h2*1-2H3;2*1H2;2H2,1H3;2H,1H3;2*1H4. The molecule has 0 heterocycles. The molecule has 124 valence electrons. The Hall–Kier alpha value is -1.84. The summed E-state index contributed by atoms with van der Waals surface area (Å²) in [5.74, 6) is 2.83. The summed E-state index contributed by atoms with van der Waals surface area (Å²) in [5, 5.41) is 7.00. The fraction of sp³-hybridized carbons (Fsp3) is 0.571. The van der Waals surface area contributed by atoms with Gasteiger partial charge in [0.2, 0.25) is 0 Å². The van der Waals surface area contributed by atoms with Gasteiger partial charge in [-0.3, -0.25) is 0 Å². The van der Waals surface area contributed by atoms with Crippen LogP contribution in [0.1, 0.15) is 42.5 Å². The molecule has 0 saturated heterocycles. The second kappa shape index (κ2) is 118. The Morgan fingerprint density at radius 3 is 0.800 bits per heavy atom. The molecular weight excluding hydrogens is 262 g/mol. The Balaban J connectivity index is -0.0000000144. The van der Waals surface area contributed by atoms with Crippen LogP contribution in [0.3, 0.4) is 0 Å². The fourth-order valence-electron chi connectivity index (χ4n) is 0. The van der Waals surface area contributed by atoms with Crippen molar-refractivity contribution in [3.63, 3.8) is 0 Å². The van der Waals surface area contributed by atoms with Crippen molar-refractivity contribution in [1.82, 2.24) is 0 Å². The number of rotatable bonds is 0. The minimum atomic E-state index is 0. The van der Waals surface area contributed by atoms with Crippen molar-refractivity contribution in [3.8, 4) is 0 Å². The van der Waals surface area contributed by atoms with Gasteiger partial charge >= 0.3 is 0 Å². The van der Waals surface area contributed by atoms with E-state index in [4.69, 9.17) is 14.7 Å². The summed E-state index contributed by atoms with van der Waals surface area (Å²) in [5.41, 5.74) is 4.50. The van der Waals surface area contributed by atoms with Crippen molar-refractivity contribution in [2.45, 2.75) is 42.5 Å². The van der Waals surface area contributed by atoms with Crippen LogP contribution in [0.5, 0.6) is 0 Å². The van der Waals surface area contributed by atoms with E-state index in [2.05, 4.69) is 18.9 Å². The van der Waals surface area contributed by atoms with E-state index >= 15 is 0 Å². The minimum Gasteiger partial charge on any atom is -0.400 e. The van der Waals surface area contributed by atoms with E-state index in [-0.39, 0.29) is 26.4 Å². The number of carbonyl (C=O) groups is 2. The lowest BCUT2D eigenvalue weighted by atomic mass is 10.6. The van der Waals surface area contributed by atoms with Crippen molar-refractivity contribution < 1.29 is 24.3 Å². The van der Waals surface area contributed by atoms with Gasteiger partial charge in [-0.2, -0.15) is 0 Å². The number of nitrogens with two attached hydrogens (primary N) is 1. The van der Waals surface area contributed by atoms with Gasteiger partial charge < -0.3 is 20.4 Å². The van der Waals surface area contributed by atoms with Crippen molar-refractivity contribution >= 4 is 23.4 Å². The molecule has 3 N–H and O–H groups in total. The van der Waals surface area contributed by atoms with Gasteiger partial charge in [0.05, 0.1) is 0 Å². The molecule has 0 radical (unpaired) electrons. The number of hydrogen-bond donors (Lipinski definition) is 2. The predicted molar refractivity (Wildman–Crippen MR) is 87.1 cm³/mol. The predicted octanol–water partition coefficient (Wildman–Crippen LogP) is 1.65. The number of hydrogen-bond acceptors (Lipinski definition) is 6. The number of ketones is 2. The first-order valence-corrected chi connectivity index (χ1v) is 4.55. The van der Waals surface area contributed by atoms with E-state index in [0.717, 1.165) is 7.11 Å². The van der Waals surface area contributed by atoms with E-state index in [1.165, 1.54) is 46.6 Å². The van der Waals surface area contributed by atoms with Crippen LogP contribution >= 0.6 is 0 Å². The minimum absolute atomic E-state index is 0. The highest BCUT2D eigenvalue weighted by Crippen LogP contribution is 1.50. The molecule has 6 nitrogen and oxygen atoms in total. The number of aliphatic hydroxyl groups excluding tert-OH is 1. The lowest BCUT2D eigenvalue weighted by Gasteiger charge is -1.56. The van der Waals surface area contributed by atoms with E-state index in [9.17, 15) is 9.59 Å². The molecule has 0 unspecified atom stereocenters. The number of aliphatic hydroxyl groups is 1. The zero-order chi connectivity index (χ0) is 16.6. The SMILES string of the molecule is C.C.C=C=O.C=C=O.CC(C)=O.CC(C)=O.CN.CO. The Kier molecular flexibility index (Phi) is 306. The molecule has 0 atom stereocenters. The van der Waals surface area contributed by atoms with Crippen LogP contribution in [-0.2, 0) is 19.2 Å². The van der Waals surface area contributed by atoms with Gasteiger partial charge in [0.1, 0.15) is 23.4 Å². The topological polar surface area (TPSA) is 115 Å². The summed E-state index contributed by atoms with van der Waals surface area (Å²) < 4.78 is 0. The Morgan fingerprint density at radius 2 is 0.800 bits per heavy atom. The van der Waals surface area contributed by atoms with Crippen LogP contribution in [0.2, 0.25) is 0 Å². The van der Waals surface area contributed by atoms with E-state index in [1.54, 1.807) is 0 Å². The first kappa shape index (κ1) is 51.8. The second-order valence-corrected chi connectivity index (χ2v) is 2.11. The van der Waals surface area contributed by atoms with Gasteiger partial charge in [0.15, 0.2) is 0 Å².